The smallest absolute Gasteiger partial charge is 0.275 e. The highest BCUT2D eigenvalue weighted by Crippen LogP contribution is 2.27. The first kappa shape index (κ1) is 21.7. The normalized spacial score (nSPS) is 11.5. The van der Waals surface area contributed by atoms with Gasteiger partial charge in [0.2, 0.25) is 0 Å². The van der Waals surface area contributed by atoms with Crippen LogP contribution in [0.3, 0.4) is 0 Å². The molecular weight excluding hydrogens is 453 g/mol. The fourth-order valence-electron chi connectivity index (χ4n) is 4.08. The molecule has 1 amide bonds. The Morgan fingerprint density at radius 3 is 2.59 bits per heavy atom. The van der Waals surface area contributed by atoms with Gasteiger partial charge in [-0.1, -0.05) is 66.2 Å². The third-order valence-electron chi connectivity index (χ3n) is 5.71. The first-order valence-corrected chi connectivity index (χ1v) is 11.0. The highest BCUT2D eigenvalue weighted by Gasteiger charge is 2.15. The molecule has 7 heteroatoms. The van der Waals surface area contributed by atoms with Crippen LogP contribution in [0.1, 0.15) is 21.5 Å². The first-order valence-electron chi connectivity index (χ1n) is 10.6. The number of hydrogen-bond acceptors (Lipinski definition) is 3. The van der Waals surface area contributed by atoms with Gasteiger partial charge in [0.25, 0.3) is 5.91 Å². The van der Waals surface area contributed by atoms with Crippen LogP contribution in [-0.4, -0.2) is 21.8 Å². The van der Waals surface area contributed by atoms with Gasteiger partial charge in [0.05, 0.1) is 18.3 Å². The summed E-state index contributed by atoms with van der Waals surface area (Å²) in [6.45, 7) is 0.246. The molecule has 5 rings (SSSR count). The summed E-state index contributed by atoms with van der Waals surface area (Å²) in [6, 6.07) is 22.8. The Balaban J connectivity index is 1.44. The summed E-state index contributed by atoms with van der Waals surface area (Å²) in [5, 5.41) is 17.1. The van der Waals surface area contributed by atoms with E-state index in [9.17, 15) is 14.3 Å². The Bertz CT molecular complexity index is 1560. The minimum atomic E-state index is -0.521. The van der Waals surface area contributed by atoms with Crippen molar-refractivity contribution in [3.05, 3.63) is 113 Å². The monoisotopic (exact) mass is 471 g/mol. The number of carbonyl (C=O) groups excluding carboxylic acids is 1. The molecule has 0 spiro atoms. The number of hydrazone groups is 1. The van der Waals surface area contributed by atoms with Gasteiger partial charge in [-0.25, -0.2) is 9.82 Å². The molecule has 34 heavy (non-hydrogen) atoms. The Hall–Kier alpha value is -4.16. The van der Waals surface area contributed by atoms with E-state index in [4.69, 9.17) is 11.6 Å². The maximum Gasteiger partial charge on any atom is 0.275 e. The lowest BCUT2D eigenvalue weighted by molar-refractivity contribution is 0.0954. The van der Waals surface area contributed by atoms with Gasteiger partial charge in [-0.05, 0) is 35.0 Å². The number of hydrogen-bond donors (Lipinski definition) is 2. The Morgan fingerprint density at radius 1 is 1.00 bits per heavy atom. The molecule has 0 atom stereocenters. The van der Waals surface area contributed by atoms with E-state index in [2.05, 4.69) is 10.5 Å². The quantitative estimate of drug-likeness (QED) is 0.240. The molecule has 0 saturated heterocycles. The number of rotatable bonds is 5. The van der Waals surface area contributed by atoms with Crippen molar-refractivity contribution in [2.24, 2.45) is 5.10 Å². The highest BCUT2D eigenvalue weighted by molar-refractivity contribution is 6.31. The number of nitrogens with zero attached hydrogens (tertiary/aromatic N) is 2. The summed E-state index contributed by atoms with van der Waals surface area (Å²) in [6.07, 6.45) is 3.36. The van der Waals surface area contributed by atoms with Gasteiger partial charge in [0.15, 0.2) is 0 Å². The van der Waals surface area contributed by atoms with Crippen LogP contribution in [0, 0.1) is 5.82 Å². The average Bonchev–Trinajstić information content (AvgIpc) is 3.19. The molecule has 4 aromatic carbocycles. The minimum Gasteiger partial charge on any atom is -0.507 e. The molecule has 0 aliphatic carbocycles. The molecule has 168 valence electrons. The second kappa shape index (κ2) is 9.00. The van der Waals surface area contributed by atoms with E-state index in [1.54, 1.807) is 30.3 Å². The molecule has 0 radical (unpaired) electrons. The molecule has 0 aliphatic rings. The summed E-state index contributed by atoms with van der Waals surface area (Å²) < 4.78 is 16.2. The van der Waals surface area contributed by atoms with Gasteiger partial charge in [-0.2, -0.15) is 5.10 Å². The van der Waals surface area contributed by atoms with E-state index in [1.807, 2.05) is 47.2 Å². The van der Waals surface area contributed by atoms with Crippen molar-refractivity contribution in [2.45, 2.75) is 6.54 Å². The SMILES string of the molecule is O=C(N/N=C\c1cn(Cc2c(F)cccc2Cl)c2ccccc12)c1c(O)ccc2ccccc12. The number of aromatic nitrogens is 1. The molecule has 5 nitrogen and oxygen atoms in total. The average molecular weight is 472 g/mol. The van der Waals surface area contributed by atoms with Crippen LogP contribution in [0.2, 0.25) is 5.02 Å². The van der Waals surface area contributed by atoms with Crippen LogP contribution in [0.15, 0.2) is 90.2 Å². The maximum absolute atomic E-state index is 14.3. The number of nitrogens with one attached hydrogen (secondary N) is 1. The van der Waals surface area contributed by atoms with Crippen molar-refractivity contribution in [3.8, 4) is 5.75 Å². The fourth-order valence-corrected chi connectivity index (χ4v) is 4.30. The van der Waals surface area contributed by atoms with E-state index in [0.29, 0.717) is 16.0 Å². The number of fused-ring (bicyclic) bond motifs is 2. The maximum atomic E-state index is 14.3. The molecule has 5 aromatic rings. The number of halogens is 2. The number of carbonyl (C=O) groups is 1. The van der Waals surface area contributed by atoms with E-state index >= 15 is 0 Å². The molecule has 1 aromatic heterocycles. The van der Waals surface area contributed by atoms with Gasteiger partial charge in [0.1, 0.15) is 11.6 Å². The lowest BCUT2D eigenvalue weighted by Crippen LogP contribution is -2.18. The number of phenolic OH excluding ortho intramolecular Hbond substituents is 1. The molecule has 0 aliphatic heterocycles. The predicted octanol–water partition coefficient (Wildman–Crippen LogP) is 6.10. The first-order chi connectivity index (χ1) is 16.5. The number of amides is 1. The molecular formula is C27H19ClFN3O2. The van der Waals surface area contributed by atoms with Crippen molar-refractivity contribution in [1.29, 1.82) is 0 Å². The Kier molecular flexibility index (Phi) is 5.74. The second-order valence-corrected chi connectivity index (χ2v) is 8.22. The van der Waals surface area contributed by atoms with E-state index in [1.165, 1.54) is 18.3 Å². The van der Waals surface area contributed by atoms with Crippen molar-refractivity contribution in [1.82, 2.24) is 9.99 Å². The standard InChI is InChI=1S/C27H19ClFN3O2/c28-22-9-5-10-23(29)21(22)16-32-15-18(19-7-3-4-11-24(19)32)14-30-31-27(34)26-20-8-2-1-6-17(20)12-13-25(26)33/h1-15,33H,16H2,(H,31,34)/b30-14-. The highest BCUT2D eigenvalue weighted by atomic mass is 35.5. The van der Waals surface area contributed by atoms with E-state index in [0.717, 1.165) is 21.9 Å². The van der Waals surface area contributed by atoms with Gasteiger partial charge < -0.3 is 9.67 Å². The van der Waals surface area contributed by atoms with Crippen molar-refractivity contribution in [3.63, 3.8) is 0 Å². The Morgan fingerprint density at radius 2 is 1.76 bits per heavy atom. The molecule has 0 unspecified atom stereocenters. The Labute approximate surface area is 199 Å². The molecule has 1 heterocycles. The lowest BCUT2D eigenvalue weighted by atomic mass is 10.0. The summed E-state index contributed by atoms with van der Waals surface area (Å²) in [5.74, 6) is -1.01. The van der Waals surface area contributed by atoms with Crippen LogP contribution in [-0.2, 0) is 6.54 Å². The number of phenols is 1. The third kappa shape index (κ3) is 4.00. The molecule has 0 bridgehead atoms. The van der Waals surface area contributed by atoms with E-state index < -0.39 is 5.91 Å². The van der Waals surface area contributed by atoms with Gasteiger partial charge in [-0.15, -0.1) is 0 Å². The molecule has 2 N–H and O–H groups in total. The van der Waals surface area contributed by atoms with Crippen molar-refractivity contribution >= 4 is 45.4 Å². The number of para-hydroxylation sites is 1. The van der Waals surface area contributed by atoms with Crippen LogP contribution in [0.5, 0.6) is 5.75 Å². The zero-order valence-corrected chi connectivity index (χ0v) is 18.6. The van der Waals surface area contributed by atoms with Crippen molar-refractivity contribution < 1.29 is 14.3 Å². The van der Waals surface area contributed by atoms with Crippen LogP contribution in [0.25, 0.3) is 21.7 Å². The van der Waals surface area contributed by atoms with Gasteiger partial charge in [0, 0.05) is 33.2 Å². The molecule has 0 saturated carbocycles. The topological polar surface area (TPSA) is 66.6 Å². The third-order valence-corrected chi connectivity index (χ3v) is 6.07. The number of aromatic hydroxyl groups is 1. The van der Waals surface area contributed by atoms with Crippen LogP contribution >= 0.6 is 11.6 Å². The summed E-state index contributed by atoms with van der Waals surface area (Å²) in [5.41, 5.74) is 4.68. The fraction of sp³-hybridized carbons (Fsp3) is 0.0370. The van der Waals surface area contributed by atoms with Crippen LogP contribution in [0.4, 0.5) is 4.39 Å². The zero-order chi connectivity index (χ0) is 23.7. The van der Waals surface area contributed by atoms with Gasteiger partial charge in [-0.3, -0.25) is 4.79 Å². The summed E-state index contributed by atoms with van der Waals surface area (Å²) >= 11 is 6.22. The predicted molar refractivity (Wildman–Crippen MR) is 133 cm³/mol. The van der Waals surface area contributed by atoms with Crippen molar-refractivity contribution in [2.75, 3.05) is 0 Å². The summed E-state index contributed by atoms with van der Waals surface area (Å²) in [4.78, 5) is 12.8. The van der Waals surface area contributed by atoms with Crippen LogP contribution < -0.4 is 5.43 Å². The van der Waals surface area contributed by atoms with E-state index in [-0.39, 0.29) is 23.7 Å². The van der Waals surface area contributed by atoms with Gasteiger partial charge >= 0.3 is 0 Å². The molecule has 0 fully saturated rings. The second-order valence-electron chi connectivity index (χ2n) is 7.81. The lowest BCUT2D eigenvalue weighted by Gasteiger charge is -2.08. The zero-order valence-electron chi connectivity index (χ0n) is 17.9. The number of benzene rings is 4. The summed E-state index contributed by atoms with van der Waals surface area (Å²) in [7, 11) is 0. The largest absolute Gasteiger partial charge is 0.507 e. The minimum absolute atomic E-state index is 0.121.